The number of nitrogens with one attached hydrogen (secondary N) is 2. The quantitative estimate of drug-likeness (QED) is 0.820. The minimum Gasteiger partial charge on any atom is -0.444 e. The number of piperidine rings is 2. The van der Waals surface area contributed by atoms with Crippen LogP contribution in [0.3, 0.4) is 0 Å². The maximum atomic E-state index is 12.6. The Bertz CT molecular complexity index is 422. The summed E-state index contributed by atoms with van der Waals surface area (Å²) in [6.07, 6.45) is 7.98. The Balaban J connectivity index is 1.59. The smallest absolute Gasteiger partial charge is 0.410 e. The van der Waals surface area contributed by atoms with E-state index in [1.807, 2.05) is 25.7 Å². The van der Waals surface area contributed by atoms with Crippen LogP contribution in [0.1, 0.15) is 65.7 Å². The van der Waals surface area contributed by atoms with Crippen LogP contribution in [0.5, 0.6) is 0 Å². The monoisotopic (exact) mass is 323 g/mol. The largest absolute Gasteiger partial charge is 0.444 e. The van der Waals surface area contributed by atoms with Gasteiger partial charge in [-0.1, -0.05) is 0 Å². The third-order valence-corrected chi connectivity index (χ3v) is 5.61. The molecule has 1 unspecified atom stereocenters. The third-order valence-electron chi connectivity index (χ3n) is 5.61. The average Bonchev–Trinajstić information content (AvgIpc) is 2.44. The summed E-state index contributed by atoms with van der Waals surface area (Å²) in [5.41, 5.74) is -0.350. The van der Waals surface area contributed by atoms with E-state index in [-0.39, 0.29) is 11.6 Å². The highest BCUT2D eigenvalue weighted by Gasteiger charge is 2.49. The van der Waals surface area contributed by atoms with Crippen LogP contribution in [0.2, 0.25) is 0 Å². The summed E-state index contributed by atoms with van der Waals surface area (Å²) in [7, 11) is 0. The van der Waals surface area contributed by atoms with Gasteiger partial charge in [-0.25, -0.2) is 4.79 Å². The van der Waals surface area contributed by atoms with Gasteiger partial charge in [-0.15, -0.1) is 0 Å². The number of hydrogen-bond acceptors (Lipinski definition) is 4. The lowest BCUT2D eigenvalue weighted by atomic mass is 9.69. The fraction of sp³-hybridized carbons (Fsp3) is 0.944. The van der Waals surface area contributed by atoms with Crippen molar-refractivity contribution in [2.75, 3.05) is 19.6 Å². The lowest BCUT2D eigenvalue weighted by Crippen LogP contribution is -2.64. The zero-order valence-electron chi connectivity index (χ0n) is 15.0. The third kappa shape index (κ3) is 4.00. The van der Waals surface area contributed by atoms with Crippen LogP contribution in [0, 0.1) is 0 Å². The first kappa shape index (κ1) is 17.0. The van der Waals surface area contributed by atoms with Gasteiger partial charge in [-0.3, -0.25) is 0 Å². The Kier molecular flexibility index (Phi) is 4.88. The summed E-state index contributed by atoms with van der Waals surface area (Å²) in [6, 6.07) is 1.20. The number of nitrogens with zero attached hydrogens (tertiary/aromatic N) is 1. The molecule has 132 valence electrons. The molecule has 0 bridgehead atoms. The van der Waals surface area contributed by atoms with Crippen LogP contribution in [0.15, 0.2) is 0 Å². The molecule has 2 N–H and O–H groups in total. The highest BCUT2D eigenvalue weighted by atomic mass is 16.6. The molecule has 3 rings (SSSR count). The van der Waals surface area contributed by atoms with E-state index in [9.17, 15) is 4.79 Å². The van der Waals surface area contributed by atoms with Crippen molar-refractivity contribution in [3.63, 3.8) is 0 Å². The molecule has 0 aromatic heterocycles. The first-order valence-electron chi connectivity index (χ1n) is 9.35. The second-order valence-corrected chi connectivity index (χ2v) is 8.59. The number of carbonyl (C=O) groups is 1. The van der Waals surface area contributed by atoms with Gasteiger partial charge in [0.1, 0.15) is 5.60 Å². The maximum Gasteiger partial charge on any atom is 0.410 e. The molecule has 5 nitrogen and oxygen atoms in total. The molecule has 23 heavy (non-hydrogen) atoms. The normalized spacial score (nSPS) is 28.5. The second-order valence-electron chi connectivity index (χ2n) is 8.59. The van der Waals surface area contributed by atoms with Crippen molar-refractivity contribution in [3.05, 3.63) is 0 Å². The Hall–Kier alpha value is -0.810. The van der Waals surface area contributed by atoms with Crippen molar-refractivity contribution in [2.24, 2.45) is 0 Å². The van der Waals surface area contributed by atoms with Crippen molar-refractivity contribution in [3.8, 4) is 0 Å². The van der Waals surface area contributed by atoms with Crippen LogP contribution >= 0.6 is 0 Å². The van der Waals surface area contributed by atoms with Gasteiger partial charge >= 0.3 is 6.09 Å². The SMILES string of the molecule is CC(C)(C)OC(=O)N1CCC(NC2CCNCC2)CC12CCC2. The van der Waals surface area contributed by atoms with E-state index in [0.717, 1.165) is 45.3 Å². The number of amides is 1. The maximum absolute atomic E-state index is 12.6. The van der Waals surface area contributed by atoms with Gasteiger partial charge in [0.15, 0.2) is 0 Å². The van der Waals surface area contributed by atoms with Gasteiger partial charge in [0, 0.05) is 24.2 Å². The molecule has 1 spiro atoms. The molecule has 1 aliphatic carbocycles. The molecule has 1 amide bonds. The van der Waals surface area contributed by atoms with Gasteiger partial charge in [0.25, 0.3) is 0 Å². The fourth-order valence-electron chi connectivity index (χ4n) is 4.32. The van der Waals surface area contributed by atoms with Crippen molar-refractivity contribution in [1.82, 2.24) is 15.5 Å². The zero-order chi connectivity index (χ0) is 16.5. The molecular formula is C18H33N3O2. The van der Waals surface area contributed by atoms with Crippen LogP contribution in [-0.2, 0) is 4.74 Å². The Morgan fingerprint density at radius 3 is 2.43 bits per heavy atom. The van der Waals surface area contributed by atoms with E-state index >= 15 is 0 Å². The molecule has 0 aromatic rings. The molecule has 2 saturated heterocycles. The topological polar surface area (TPSA) is 53.6 Å². The minimum atomic E-state index is -0.410. The van der Waals surface area contributed by atoms with Crippen molar-refractivity contribution in [2.45, 2.75) is 88.9 Å². The van der Waals surface area contributed by atoms with Gasteiger partial charge in [-0.05, 0) is 78.8 Å². The first-order chi connectivity index (χ1) is 10.9. The average molecular weight is 323 g/mol. The van der Waals surface area contributed by atoms with Crippen molar-refractivity contribution in [1.29, 1.82) is 0 Å². The number of ether oxygens (including phenoxy) is 1. The van der Waals surface area contributed by atoms with Crippen LogP contribution in [0.25, 0.3) is 0 Å². The Morgan fingerprint density at radius 2 is 1.87 bits per heavy atom. The molecule has 0 aromatic carbocycles. The van der Waals surface area contributed by atoms with Gasteiger partial charge in [-0.2, -0.15) is 0 Å². The standard InChI is InChI=1S/C18H33N3O2/c1-17(2,3)23-16(22)21-12-7-15(13-18(21)8-4-9-18)20-14-5-10-19-11-6-14/h14-15,19-20H,4-13H2,1-3H3. The van der Waals surface area contributed by atoms with Crippen LogP contribution in [0.4, 0.5) is 4.79 Å². The van der Waals surface area contributed by atoms with Gasteiger partial charge in [0.05, 0.1) is 0 Å². The van der Waals surface area contributed by atoms with Gasteiger partial charge in [0.2, 0.25) is 0 Å². The number of hydrogen-bond donors (Lipinski definition) is 2. The first-order valence-corrected chi connectivity index (χ1v) is 9.35. The van der Waals surface area contributed by atoms with Crippen LogP contribution in [-0.4, -0.2) is 53.9 Å². The fourth-order valence-corrected chi connectivity index (χ4v) is 4.32. The van der Waals surface area contributed by atoms with E-state index in [1.54, 1.807) is 0 Å². The molecule has 1 saturated carbocycles. The molecule has 3 fully saturated rings. The van der Waals surface area contributed by atoms with Crippen molar-refractivity contribution >= 4 is 6.09 Å². The van der Waals surface area contributed by atoms with E-state index in [1.165, 1.54) is 19.3 Å². The molecule has 1 atom stereocenters. The highest BCUT2D eigenvalue weighted by Crippen LogP contribution is 2.45. The summed E-state index contributed by atoms with van der Waals surface area (Å²) < 4.78 is 5.65. The molecule has 2 aliphatic heterocycles. The zero-order valence-corrected chi connectivity index (χ0v) is 15.0. The molecular weight excluding hydrogens is 290 g/mol. The molecule has 0 radical (unpaired) electrons. The molecule has 5 heteroatoms. The van der Waals surface area contributed by atoms with Crippen molar-refractivity contribution < 1.29 is 9.53 Å². The van der Waals surface area contributed by atoms with E-state index in [2.05, 4.69) is 10.6 Å². The number of rotatable bonds is 2. The summed E-state index contributed by atoms with van der Waals surface area (Å²) >= 11 is 0. The predicted molar refractivity (Wildman–Crippen MR) is 91.6 cm³/mol. The Morgan fingerprint density at radius 1 is 1.17 bits per heavy atom. The lowest BCUT2D eigenvalue weighted by Gasteiger charge is -2.55. The summed E-state index contributed by atoms with van der Waals surface area (Å²) in [4.78, 5) is 14.6. The van der Waals surface area contributed by atoms with E-state index in [4.69, 9.17) is 4.74 Å². The predicted octanol–water partition coefficient (Wildman–Crippen LogP) is 2.65. The minimum absolute atomic E-state index is 0.0607. The molecule has 2 heterocycles. The summed E-state index contributed by atoms with van der Waals surface area (Å²) in [5, 5.41) is 7.29. The Labute approximate surface area is 140 Å². The number of likely N-dealkylation sites (tertiary alicyclic amines) is 1. The lowest BCUT2D eigenvalue weighted by molar-refractivity contribution is -0.0503. The van der Waals surface area contributed by atoms with Gasteiger partial charge < -0.3 is 20.3 Å². The van der Waals surface area contributed by atoms with E-state index < -0.39 is 5.60 Å². The summed E-state index contributed by atoms with van der Waals surface area (Å²) in [5.74, 6) is 0. The number of carbonyl (C=O) groups excluding carboxylic acids is 1. The second kappa shape index (κ2) is 6.60. The molecule has 3 aliphatic rings. The van der Waals surface area contributed by atoms with Crippen LogP contribution < -0.4 is 10.6 Å². The highest BCUT2D eigenvalue weighted by molar-refractivity contribution is 5.69. The van der Waals surface area contributed by atoms with E-state index in [0.29, 0.717) is 12.1 Å². The summed E-state index contributed by atoms with van der Waals surface area (Å²) in [6.45, 7) is 8.92.